The summed E-state index contributed by atoms with van der Waals surface area (Å²) < 4.78 is 7.13. The van der Waals surface area contributed by atoms with Crippen molar-refractivity contribution in [3.05, 3.63) is 49.1 Å². The van der Waals surface area contributed by atoms with Crippen molar-refractivity contribution in [3.8, 4) is 11.4 Å². The van der Waals surface area contributed by atoms with Gasteiger partial charge in [-0.15, -0.1) is 10.2 Å². The monoisotopic (exact) mass is 370 g/mol. The normalized spacial score (nSPS) is 10.7. The Labute approximate surface area is 155 Å². The second kappa shape index (κ2) is 9.07. The number of hydrogen-bond donors (Lipinski definition) is 1. The van der Waals surface area contributed by atoms with Crippen LogP contribution >= 0.6 is 11.8 Å². The highest BCUT2D eigenvalue weighted by Gasteiger charge is 2.15. The van der Waals surface area contributed by atoms with E-state index in [1.54, 1.807) is 44.0 Å². The Morgan fingerprint density at radius 1 is 1.12 bits per heavy atom. The molecule has 1 N–H and O–H groups in total. The van der Waals surface area contributed by atoms with Gasteiger partial charge in [0.25, 0.3) is 0 Å². The summed E-state index contributed by atoms with van der Waals surface area (Å²) in [5.41, 5.74) is 1.63. The zero-order valence-corrected chi connectivity index (χ0v) is 15.0. The Bertz CT molecular complexity index is 841. The largest absolute Gasteiger partial charge is 0.383 e. The molecule has 0 unspecified atom stereocenters. The fraction of sp³-hybridized carbons (Fsp3) is 0.235. The van der Waals surface area contributed by atoms with Gasteiger partial charge in [-0.05, 0) is 24.3 Å². The molecule has 3 rings (SSSR count). The minimum atomic E-state index is -0.118. The minimum absolute atomic E-state index is 0.118. The van der Waals surface area contributed by atoms with Gasteiger partial charge in [0.2, 0.25) is 5.91 Å². The third kappa shape index (κ3) is 4.64. The molecule has 0 spiro atoms. The van der Waals surface area contributed by atoms with E-state index < -0.39 is 0 Å². The Hall–Kier alpha value is -2.78. The zero-order valence-electron chi connectivity index (χ0n) is 14.2. The second-order valence-corrected chi connectivity index (χ2v) is 6.20. The lowest BCUT2D eigenvalue weighted by molar-refractivity contribution is -0.113. The van der Waals surface area contributed by atoms with E-state index in [2.05, 4.69) is 25.5 Å². The van der Waals surface area contributed by atoms with Crippen molar-refractivity contribution >= 4 is 23.4 Å². The molecule has 3 heterocycles. The van der Waals surface area contributed by atoms with Crippen molar-refractivity contribution < 1.29 is 9.53 Å². The first-order valence-corrected chi connectivity index (χ1v) is 8.91. The van der Waals surface area contributed by atoms with E-state index in [-0.39, 0.29) is 11.7 Å². The molecule has 134 valence electrons. The predicted octanol–water partition coefficient (Wildman–Crippen LogP) is 2.11. The molecule has 0 bridgehead atoms. The lowest BCUT2D eigenvalue weighted by atomic mass is 10.2. The molecule has 1 amide bonds. The number of pyridine rings is 2. The SMILES string of the molecule is COCCn1c(SCC(=O)Nc2ccncc2)nnc1-c1ccncc1. The number of thioether (sulfide) groups is 1. The number of methoxy groups -OCH3 is 1. The summed E-state index contributed by atoms with van der Waals surface area (Å²) in [5.74, 6) is 0.832. The molecule has 0 fully saturated rings. The zero-order chi connectivity index (χ0) is 18.2. The Morgan fingerprint density at radius 3 is 2.50 bits per heavy atom. The highest BCUT2D eigenvalue weighted by Crippen LogP contribution is 2.23. The molecular formula is C17H18N6O2S. The number of hydrogen-bond acceptors (Lipinski definition) is 7. The highest BCUT2D eigenvalue weighted by atomic mass is 32.2. The smallest absolute Gasteiger partial charge is 0.234 e. The minimum Gasteiger partial charge on any atom is -0.383 e. The molecule has 3 aromatic rings. The quantitative estimate of drug-likeness (QED) is 0.607. The van der Waals surface area contributed by atoms with Crippen LogP contribution in [0, 0.1) is 0 Å². The lowest BCUT2D eigenvalue weighted by Gasteiger charge is -2.09. The van der Waals surface area contributed by atoms with E-state index in [9.17, 15) is 4.79 Å². The van der Waals surface area contributed by atoms with Crippen LogP contribution in [0.25, 0.3) is 11.4 Å². The van der Waals surface area contributed by atoms with Crippen LogP contribution in [0.4, 0.5) is 5.69 Å². The van der Waals surface area contributed by atoms with E-state index >= 15 is 0 Å². The maximum absolute atomic E-state index is 12.1. The fourth-order valence-corrected chi connectivity index (χ4v) is 3.02. The van der Waals surface area contributed by atoms with Gasteiger partial charge in [-0.3, -0.25) is 19.3 Å². The molecule has 8 nitrogen and oxygen atoms in total. The van der Waals surface area contributed by atoms with Crippen molar-refractivity contribution in [1.29, 1.82) is 0 Å². The van der Waals surface area contributed by atoms with Crippen molar-refractivity contribution in [3.63, 3.8) is 0 Å². The fourth-order valence-electron chi connectivity index (χ4n) is 2.26. The van der Waals surface area contributed by atoms with Crippen LogP contribution in [-0.2, 0) is 16.1 Å². The maximum Gasteiger partial charge on any atom is 0.234 e. The lowest BCUT2D eigenvalue weighted by Crippen LogP contribution is -2.15. The van der Waals surface area contributed by atoms with Gasteiger partial charge in [0.15, 0.2) is 11.0 Å². The Kier molecular flexibility index (Phi) is 6.29. The number of anilines is 1. The van der Waals surface area contributed by atoms with Crippen molar-refractivity contribution in [2.24, 2.45) is 0 Å². The summed E-state index contributed by atoms with van der Waals surface area (Å²) in [6.07, 6.45) is 6.68. The average Bonchev–Trinajstić information content (AvgIpc) is 3.09. The van der Waals surface area contributed by atoms with Crippen molar-refractivity contribution in [1.82, 2.24) is 24.7 Å². The van der Waals surface area contributed by atoms with E-state index in [4.69, 9.17) is 4.74 Å². The molecule has 0 aliphatic rings. The van der Waals surface area contributed by atoms with Crippen LogP contribution in [0.15, 0.2) is 54.2 Å². The molecule has 9 heteroatoms. The van der Waals surface area contributed by atoms with Crippen molar-refractivity contribution in [2.45, 2.75) is 11.7 Å². The van der Waals surface area contributed by atoms with Crippen LogP contribution in [0.1, 0.15) is 0 Å². The van der Waals surface area contributed by atoms with Gasteiger partial charge in [0, 0.05) is 43.1 Å². The Balaban J connectivity index is 1.71. The number of rotatable bonds is 8. The molecule has 0 saturated carbocycles. The number of nitrogens with one attached hydrogen (secondary N) is 1. The molecule has 26 heavy (non-hydrogen) atoms. The topological polar surface area (TPSA) is 94.8 Å². The average molecular weight is 370 g/mol. The van der Waals surface area contributed by atoms with Gasteiger partial charge in [0.1, 0.15) is 0 Å². The first kappa shape index (κ1) is 18.0. The van der Waals surface area contributed by atoms with Gasteiger partial charge >= 0.3 is 0 Å². The third-order valence-corrected chi connectivity index (χ3v) is 4.44. The molecule has 0 aliphatic heterocycles. The second-order valence-electron chi connectivity index (χ2n) is 5.26. The van der Waals surface area contributed by atoms with E-state index in [0.717, 1.165) is 11.4 Å². The van der Waals surface area contributed by atoms with Gasteiger partial charge in [0.05, 0.1) is 18.9 Å². The maximum atomic E-state index is 12.1. The van der Waals surface area contributed by atoms with Crippen LogP contribution < -0.4 is 5.32 Å². The number of amides is 1. The number of ether oxygens (including phenoxy) is 1. The van der Waals surface area contributed by atoms with E-state index in [1.807, 2.05) is 16.7 Å². The number of carbonyl (C=O) groups is 1. The highest BCUT2D eigenvalue weighted by molar-refractivity contribution is 7.99. The van der Waals surface area contributed by atoms with Crippen LogP contribution in [0.3, 0.4) is 0 Å². The van der Waals surface area contributed by atoms with Gasteiger partial charge in [-0.1, -0.05) is 11.8 Å². The molecule has 0 aliphatic carbocycles. The molecule has 0 saturated heterocycles. The number of nitrogens with zero attached hydrogens (tertiary/aromatic N) is 5. The van der Waals surface area contributed by atoms with Gasteiger partial charge in [-0.2, -0.15) is 0 Å². The predicted molar refractivity (Wildman–Crippen MR) is 98.7 cm³/mol. The summed E-state index contributed by atoms with van der Waals surface area (Å²) >= 11 is 1.33. The van der Waals surface area contributed by atoms with E-state index in [0.29, 0.717) is 24.0 Å². The number of aromatic nitrogens is 5. The third-order valence-electron chi connectivity index (χ3n) is 3.47. The molecular weight excluding hydrogens is 352 g/mol. The summed E-state index contributed by atoms with van der Waals surface area (Å²) in [4.78, 5) is 20.1. The first-order valence-electron chi connectivity index (χ1n) is 7.93. The Morgan fingerprint density at radius 2 is 1.81 bits per heavy atom. The first-order chi connectivity index (χ1) is 12.8. The van der Waals surface area contributed by atoms with Gasteiger partial charge < -0.3 is 10.1 Å². The summed E-state index contributed by atoms with van der Waals surface area (Å²) in [5, 5.41) is 12.0. The van der Waals surface area contributed by atoms with Crippen LogP contribution in [-0.4, -0.2) is 50.1 Å². The summed E-state index contributed by atoms with van der Waals surface area (Å²) in [7, 11) is 1.64. The molecule has 0 aromatic carbocycles. The molecule has 0 radical (unpaired) electrons. The molecule has 0 atom stereocenters. The van der Waals surface area contributed by atoms with Crippen LogP contribution in [0.5, 0.6) is 0 Å². The van der Waals surface area contributed by atoms with Crippen molar-refractivity contribution in [2.75, 3.05) is 24.8 Å². The van der Waals surface area contributed by atoms with Gasteiger partial charge in [-0.25, -0.2) is 0 Å². The number of carbonyl (C=O) groups excluding carboxylic acids is 1. The summed E-state index contributed by atoms with van der Waals surface area (Å²) in [6, 6.07) is 7.23. The van der Waals surface area contributed by atoms with E-state index in [1.165, 1.54) is 11.8 Å². The molecule has 3 aromatic heterocycles. The summed E-state index contributed by atoms with van der Waals surface area (Å²) in [6.45, 7) is 1.11. The van der Waals surface area contributed by atoms with Crippen LogP contribution in [0.2, 0.25) is 0 Å². The standard InChI is InChI=1S/C17H18N6O2S/c1-25-11-10-23-16(13-2-6-18-7-3-13)21-22-17(23)26-12-15(24)20-14-4-8-19-9-5-14/h2-9H,10-12H2,1H3,(H,19,20,24).